The van der Waals surface area contributed by atoms with Crippen LogP contribution in [0.4, 0.5) is 0 Å². The van der Waals surface area contributed by atoms with E-state index in [1.807, 2.05) is 13.8 Å². The number of hydrogen-bond donors (Lipinski definition) is 1. The van der Waals surface area contributed by atoms with Crippen molar-refractivity contribution >= 4 is 5.78 Å². The Morgan fingerprint density at radius 1 is 1.23 bits per heavy atom. The van der Waals surface area contributed by atoms with Crippen LogP contribution in [0.1, 0.15) is 53.4 Å². The Balaban J connectivity index is 3.46. The molecule has 0 aromatic heterocycles. The quantitative estimate of drug-likeness (QED) is 0.617. The summed E-state index contributed by atoms with van der Waals surface area (Å²) in [6.45, 7) is 8.67. The van der Waals surface area contributed by atoms with E-state index in [4.69, 9.17) is 0 Å². The second-order valence-electron chi connectivity index (χ2n) is 4.17. The molecule has 0 aromatic rings. The van der Waals surface area contributed by atoms with Crippen LogP contribution in [-0.2, 0) is 4.79 Å². The highest BCUT2D eigenvalue weighted by atomic mass is 16.1. The molecule has 0 saturated carbocycles. The molecule has 0 bridgehead atoms. The summed E-state index contributed by atoms with van der Waals surface area (Å²) in [6, 6.07) is 0. The topological polar surface area (TPSA) is 29.1 Å². The monoisotopic (exact) mass is 185 g/mol. The first-order chi connectivity index (χ1) is 6.00. The minimum absolute atomic E-state index is 0.211. The SMILES string of the molecule is CCCCCCNC(C)(C)C(C)=O. The maximum atomic E-state index is 11.1. The van der Waals surface area contributed by atoms with Crippen LogP contribution in [0.25, 0.3) is 0 Å². The summed E-state index contributed by atoms with van der Waals surface area (Å²) in [5.74, 6) is 0.211. The Bertz CT molecular complexity index is 152. The molecular formula is C11H23NO. The second-order valence-corrected chi connectivity index (χ2v) is 4.17. The first-order valence-corrected chi connectivity index (χ1v) is 5.26. The van der Waals surface area contributed by atoms with Crippen molar-refractivity contribution in [3.63, 3.8) is 0 Å². The van der Waals surface area contributed by atoms with Gasteiger partial charge in [0.1, 0.15) is 5.78 Å². The van der Waals surface area contributed by atoms with Crippen LogP contribution in [0.2, 0.25) is 0 Å². The van der Waals surface area contributed by atoms with Gasteiger partial charge in [-0.25, -0.2) is 0 Å². The highest BCUT2D eigenvalue weighted by molar-refractivity contribution is 5.85. The normalized spacial score (nSPS) is 11.7. The standard InChI is InChI=1S/C11H23NO/c1-5-6-7-8-9-12-11(3,4)10(2)13/h12H,5-9H2,1-4H3. The van der Waals surface area contributed by atoms with E-state index in [1.165, 1.54) is 25.7 Å². The third kappa shape index (κ3) is 5.81. The molecule has 2 heteroatoms. The summed E-state index contributed by atoms with van der Waals surface area (Å²) in [7, 11) is 0. The van der Waals surface area contributed by atoms with Gasteiger partial charge < -0.3 is 5.32 Å². The predicted molar refractivity (Wildman–Crippen MR) is 56.9 cm³/mol. The van der Waals surface area contributed by atoms with Crippen LogP contribution < -0.4 is 5.32 Å². The number of carbonyl (C=O) groups is 1. The lowest BCUT2D eigenvalue weighted by Gasteiger charge is -2.22. The highest BCUT2D eigenvalue weighted by Crippen LogP contribution is 2.04. The second kappa shape index (κ2) is 6.14. The Kier molecular flexibility index (Phi) is 5.97. The first kappa shape index (κ1) is 12.6. The maximum absolute atomic E-state index is 11.1. The molecule has 0 radical (unpaired) electrons. The Morgan fingerprint density at radius 3 is 2.31 bits per heavy atom. The van der Waals surface area contributed by atoms with Crippen molar-refractivity contribution in [2.75, 3.05) is 6.54 Å². The molecule has 2 nitrogen and oxygen atoms in total. The lowest BCUT2D eigenvalue weighted by Crippen LogP contribution is -2.45. The summed E-state index contributed by atoms with van der Waals surface area (Å²) in [5.41, 5.74) is -0.341. The number of carbonyl (C=O) groups excluding carboxylic acids is 1. The van der Waals surface area contributed by atoms with Gasteiger partial charge in [-0.1, -0.05) is 26.2 Å². The summed E-state index contributed by atoms with van der Waals surface area (Å²) >= 11 is 0. The van der Waals surface area contributed by atoms with Crippen molar-refractivity contribution < 1.29 is 4.79 Å². The maximum Gasteiger partial charge on any atom is 0.149 e. The molecule has 13 heavy (non-hydrogen) atoms. The average Bonchev–Trinajstić information content (AvgIpc) is 2.03. The molecule has 0 heterocycles. The molecule has 0 atom stereocenters. The fourth-order valence-corrected chi connectivity index (χ4v) is 1.08. The van der Waals surface area contributed by atoms with Gasteiger partial charge in [-0.2, -0.15) is 0 Å². The third-order valence-corrected chi connectivity index (χ3v) is 2.48. The van der Waals surface area contributed by atoms with Crippen LogP contribution in [0, 0.1) is 0 Å². The minimum Gasteiger partial charge on any atom is -0.305 e. The van der Waals surface area contributed by atoms with Crippen molar-refractivity contribution in [1.82, 2.24) is 5.32 Å². The van der Waals surface area contributed by atoms with E-state index < -0.39 is 0 Å². The summed E-state index contributed by atoms with van der Waals surface area (Å²) in [4.78, 5) is 11.1. The van der Waals surface area contributed by atoms with E-state index >= 15 is 0 Å². The molecule has 78 valence electrons. The molecule has 0 aliphatic heterocycles. The van der Waals surface area contributed by atoms with Crippen molar-refractivity contribution in [2.45, 2.75) is 58.9 Å². The van der Waals surface area contributed by atoms with E-state index in [0.717, 1.165) is 6.54 Å². The number of hydrogen-bond acceptors (Lipinski definition) is 2. The molecule has 0 rings (SSSR count). The molecule has 0 spiro atoms. The van der Waals surface area contributed by atoms with Crippen LogP contribution in [-0.4, -0.2) is 17.9 Å². The largest absolute Gasteiger partial charge is 0.305 e. The lowest BCUT2D eigenvalue weighted by molar-refractivity contribution is -0.122. The number of Topliss-reactive ketones (excluding diaryl/α,β-unsaturated/α-hetero) is 1. The van der Waals surface area contributed by atoms with Gasteiger partial charge in [-0.3, -0.25) is 4.79 Å². The summed E-state index contributed by atoms with van der Waals surface area (Å²) in [6.07, 6.45) is 4.99. The molecule has 1 N–H and O–H groups in total. The molecule has 0 saturated heterocycles. The van der Waals surface area contributed by atoms with Gasteiger partial charge in [-0.15, -0.1) is 0 Å². The third-order valence-electron chi connectivity index (χ3n) is 2.48. The minimum atomic E-state index is -0.341. The van der Waals surface area contributed by atoms with E-state index in [0.29, 0.717) is 0 Å². The fraction of sp³-hybridized carbons (Fsp3) is 0.909. The van der Waals surface area contributed by atoms with Gasteiger partial charge in [0.2, 0.25) is 0 Å². The van der Waals surface area contributed by atoms with Crippen LogP contribution in [0.5, 0.6) is 0 Å². The fourth-order valence-electron chi connectivity index (χ4n) is 1.08. The van der Waals surface area contributed by atoms with Crippen LogP contribution in [0.15, 0.2) is 0 Å². The van der Waals surface area contributed by atoms with Crippen molar-refractivity contribution in [3.8, 4) is 0 Å². The zero-order valence-corrected chi connectivity index (χ0v) is 9.44. The van der Waals surface area contributed by atoms with Gasteiger partial charge in [0.05, 0.1) is 5.54 Å². The predicted octanol–water partition coefficient (Wildman–Crippen LogP) is 2.52. The number of unbranched alkanes of at least 4 members (excludes halogenated alkanes) is 3. The molecule has 0 aromatic carbocycles. The van der Waals surface area contributed by atoms with E-state index in [1.54, 1.807) is 6.92 Å². The lowest BCUT2D eigenvalue weighted by atomic mass is 10.0. The zero-order valence-electron chi connectivity index (χ0n) is 9.44. The van der Waals surface area contributed by atoms with Gasteiger partial charge >= 0.3 is 0 Å². The number of nitrogens with one attached hydrogen (secondary N) is 1. The molecule has 0 aliphatic rings. The molecule has 0 fully saturated rings. The van der Waals surface area contributed by atoms with Gasteiger partial charge in [0.25, 0.3) is 0 Å². The van der Waals surface area contributed by atoms with Gasteiger partial charge in [0, 0.05) is 0 Å². The van der Waals surface area contributed by atoms with Crippen molar-refractivity contribution in [3.05, 3.63) is 0 Å². The van der Waals surface area contributed by atoms with E-state index in [9.17, 15) is 4.79 Å². The summed E-state index contributed by atoms with van der Waals surface area (Å²) in [5, 5.41) is 3.27. The molecule has 0 aliphatic carbocycles. The smallest absolute Gasteiger partial charge is 0.149 e. The molecule has 0 unspecified atom stereocenters. The average molecular weight is 185 g/mol. The highest BCUT2D eigenvalue weighted by Gasteiger charge is 2.21. The Labute approximate surface area is 82.1 Å². The van der Waals surface area contributed by atoms with Gasteiger partial charge in [-0.05, 0) is 33.7 Å². The van der Waals surface area contributed by atoms with Crippen LogP contribution >= 0.6 is 0 Å². The summed E-state index contributed by atoms with van der Waals surface area (Å²) < 4.78 is 0. The van der Waals surface area contributed by atoms with Crippen molar-refractivity contribution in [1.29, 1.82) is 0 Å². The van der Waals surface area contributed by atoms with Crippen LogP contribution in [0.3, 0.4) is 0 Å². The zero-order chi connectivity index (χ0) is 10.3. The number of rotatable bonds is 7. The van der Waals surface area contributed by atoms with E-state index in [-0.39, 0.29) is 11.3 Å². The van der Waals surface area contributed by atoms with E-state index in [2.05, 4.69) is 12.2 Å². The van der Waals surface area contributed by atoms with Gasteiger partial charge in [0.15, 0.2) is 0 Å². The number of ketones is 1. The Morgan fingerprint density at radius 2 is 1.85 bits per heavy atom. The Hall–Kier alpha value is -0.370. The molecular weight excluding hydrogens is 162 g/mol. The van der Waals surface area contributed by atoms with Crippen molar-refractivity contribution in [2.24, 2.45) is 0 Å². The first-order valence-electron chi connectivity index (χ1n) is 5.26. The molecule has 0 amide bonds.